The summed E-state index contributed by atoms with van der Waals surface area (Å²) in [4.78, 5) is 15.3. The van der Waals surface area contributed by atoms with E-state index < -0.39 is 0 Å². The molecule has 0 saturated carbocycles. The van der Waals surface area contributed by atoms with Crippen LogP contribution >= 0.6 is 15.9 Å². The predicted molar refractivity (Wildman–Crippen MR) is 80.8 cm³/mol. The first-order valence-electron chi connectivity index (χ1n) is 6.20. The molecule has 0 aliphatic heterocycles. The van der Waals surface area contributed by atoms with Gasteiger partial charge >= 0.3 is 0 Å². The SMILES string of the molecule is CN(C)CCOc1ccccc1CN(C)C(=O)CBr. The molecule has 19 heavy (non-hydrogen) atoms. The minimum atomic E-state index is 0.0584. The van der Waals surface area contributed by atoms with Gasteiger partial charge in [-0.2, -0.15) is 0 Å². The van der Waals surface area contributed by atoms with Gasteiger partial charge in [0.25, 0.3) is 0 Å². The summed E-state index contributed by atoms with van der Waals surface area (Å²) in [5, 5.41) is 0.340. The lowest BCUT2D eigenvalue weighted by atomic mass is 10.2. The minimum Gasteiger partial charge on any atom is -0.492 e. The second-order valence-electron chi connectivity index (χ2n) is 4.64. The van der Waals surface area contributed by atoms with Crippen molar-refractivity contribution < 1.29 is 9.53 Å². The molecule has 0 fully saturated rings. The Morgan fingerprint density at radius 2 is 1.95 bits per heavy atom. The molecule has 1 aromatic rings. The molecular weight excluding hydrogens is 308 g/mol. The molecule has 0 atom stereocenters. The van der Waals surface area contributed by atoms with Gasteiger partial charge in [0.15, 0.2) is 0 Å². The van der Waals surface area contributed by atoms with Crippen LogP contribution in [0.25, 0.3) is 0 Å². The quantitative estimate of drug-likeness (QED) is 0.717. The number of halogens is 1. The largest absolute Gasteiger partial charge is 0.492 e. The van der Waals surface area contributed by atoms with Crippen molar-refractivity contribution in [1.82, 2.24) is 9.80 Å². The third-order valence-corrected chi connectivity index (χ3v) is 3.20. The van der Waals surface area contributed by atoms with Crippen molar-refractivity contribution in [3.63, 3.8) is 0 Å². The van der Waals surface area contributed by atoms with E-state index in [9.17, 15) is 4.79 Å². The topological polar surface area (TPSA) is 32.8 Å². The number of hydrogen-bond acceptors (Lipinski definition) is 3. The molecule has 0 spiro atoms. The number of rotatable bonds is 7. The van der Waals surface area contributed by atoms with Gasteiger partial charge in [-0.1, -0.05) is 34.1 Å². The van der Waals surface area contributed by atoms with Crippen LogP contribution in [0.1, 0.15) is 5.56 Å². The number of likely N-dealkylation sites (N-methyl/N-ethyl adjacent to an activating group) is 1. The van der Waals surface area contributed by atoms with Gasteiger partial charge in [-0.25, -0.2) is 0 Å². The molecule has 0 heterocycles. The lowest BCUT2D eigenvalue weighted by Gasteiger charge is -2.19. The summed E-state index contributed by atoms with van der Waals surface area (Å²) in [6.45, 7) is 2.06. The van der Waals surface area contributed by atoms with Crippen LogP contribution in [0.5, 0.6) is 5.75 Å². The Kier molecular flexibility index (Phi) is 6.87. The summed E-state index contributed by atoms with van der Waals surface area (Å²) in [5.41, 5.74) is 1.03. The summed E-state index contributed by atoms with van der Waals surface area (Å²) >= 11 is 3.18. The molecule has 0 N–H and O–H groups in total. The zero-order valence-corrected chi connectivity index (χ0v) is 13.3. The first kappa shape index (κ1) is 16.0. The van der Waals surface area contributed by atoms with Gasteiger partial charge in [0, 0.05) is 25.7 Å². The highest BCUT2D eigenvalue weighted by Crippen LogP contribution is 2.19. The third kappa shape index (κ3) is 5.61. The van der Waals surface area contributed by atoms with Gasteiger partial charge in [0.1, 0.15) is 12.4 Å². The van der Waals surface area contributed by atoms with E-state index in [1.165, 1.54) is 0 Å². The van der Waals surface area contributed by atoms with E-state index in [2.05, 4.69) is 20.8 Å². The van der Waals surface area contributed by atoms with Crippen molar-refractivity contribution in [2.45, 2.75) is 6.54 Å². The van der Waals surface area contributed by atoms with Gasteiger partial charge in [-0.05, 0) is 20.2 Å². The number of alkyl halides is 1. The highest BCUT2D eigenvalue weighted by molar-refractivity contribution is 9.09. The summed E-state index contributed by atoms with van der Waals surface area (Å²) in [7, 11) is 5.82. The maximum atomic E-state index is 11.6. The van der Waals surface area contributed by atoms with Crippen molar-refractivity contribution in [1.29, 1.82) is 0 Å². The molecule has 1 amide bonds. The lowest BCUT2D eigenvalue weighted by molar-refractivity contribution is -0.127. The molecule has 0 radical (unpaired) electrons. The average Bonchev–Trinajstić information content (AvgIpc) is 2.39. The van der Waals surface area contributed by atoms with Crippen molar-refractivity contribution >= 4 is 21.8 Å². The van der Waals surface area contributed by atoms with Crippen LogP contribution in [0.4, 0.5) is 0 Å². The Morgan fingerprint density at radius 3 is 2.58 bits per heavy atom. The number of carbonyl (C=O) groups is 1. The maximum Gasteiger partial charge on any atom is 0.233 e. The highest BCUT2D eigenvalue weighted by Gasteiger charge is 2.10. The Labute approximate surface area is 123 Å². The standard InChI is InChI=1S/C14H21BrN2O2/c1-16(2)8-9-19-13-7-5-4-6-12(13)11-17(3)14(18)10-15/h4-7H,8-11H2,1-3H3. The van der Waals surface area contributed by atoms with Crippen molar-refractivity contribution in [2.75, 3.05) is 39.6 Å². The molecule has 0 unspecified atom stereocenters. The van der Waals surface area contributed by atoms with E-state index >= 15 is 0 Å². The summed E-state index contributed by atoms with van der Waals surface area (Å²) in [5.74, 6) is 0.904. The fraction of sp³-hybridized carbons (Fsp3) is 0.500. The zero-order chi connectivity index (χ0) is 14.3. The van der Waals surface area contributed by atoms with E-state index in [-0.39, 0.29) is 5.91 Å². The zero-order valence-electron chi connectivity index (χ0n) is 11.7. The maximum absolute atomic E-state index is 11.6. The Morgan fingerprint density at radius 1 is 1.26 bits per heavy atom. The van der Waals surface area contributed by atoms with E-state index in [0.29, 0.717) is 18.5 Å². The number of benzene rings is 1. The Balaban J connectivity index is 2.64. The Hall–Kier alpha value is -1.07. The van der Waals surface area contributed by atoms with Gasteiger partial charge in [0.05, 0.1) is 5.33 Å². The van der Waals surface area contributed by atoms with E-state index in [1.807, 2.05) is 38.4 Å². The van der Waals surface area contributed by atoms with Gasteiger partial charge < -0.3 is 14.5 Å². The van der Waals surface area contributed by atoms with Crippen LogP contribution in [0, 0.1) is 0 Å². The molecule has 1 rings (SSSR count). The summed E-state index contributed by atoms with van der Waals surface area (Å²) in [6.07, 6.45) is 0. The molecule has 0 saturated heterocycles. The van der Waals surface area contributed by atoms with Crippen LogP contribution in [-0.2, 0) is 11.3 Å². The van der Waals surface area contributed by atoms with Crippen LogP contribution in [-0.4, -0.2) is 55.3 Å². The van der Waals surface area contributed by atoms with E-state index in [1.54, 1.807) is 11.9 Å². The van der Waals surface area contributed by atoms with E-state index in [0.717, 1.165) is 17.9 Å². The van der Waals surface area contributed by atoms with Gasteiger partial charge in [-0.3, -0.25) is 4.79 Å². The molecule has 4 nitrogen and oxygen atoms in total. The molecule has 5 heteroatoms. The Bertz CT molecular complexity index is 410. The summed E-state index contributed by atoms with van der Waals surface area (Å²) in [6, 6.07) is 7.84. The molecule has 0 aliphatic rings. The monoisotopic (exact) mass is 328 g/mol. The average molecular weight is 329 g/mol. The van der Waals surface area contributed by atoms with Gasteiger partial charge in [0.2, 0.25) is 5.91 Å². The van der Waals surface area contributed by atoms with Crippen LogP contribution in [0.2, 0.25) is 0 Å². The molecule has 106 valence electrons. The van der Waals surface area contributed by atoms with Crippen molar-refractivity contribution in [2.24, 2.45) is 0 Å². The fourth-order valence-electron chi connectivity index (χ4n) is 1.56. The molecular formula is C14H21BrN2O2. The van der Waals surface area contributed by atoms with E-state index in [4.69, 9.17) is 4.74 Å². The van der Waals surface area contributed by atoms with Crippen LogP contribution < -0.4 is 4.74 Å². The van der Waals surface area contributed by atoms with Crippen LogP contribution in [0.3, 0.4) is 0 Å². The smallest absolute Gasteiger partial charge is 0.233 e. The van der Waals surface area contributed by atoms with Crippen LogP contribution in [0.15, 0.2) is 24.3 Å². The van der Waals surface area contributed by atoms with Gasteiger partial charge in [-0.15, -0.1) is 0 Å². The minimum absolute atomic E-state index is 0.0584. The summed E-state index contributed by atoms with van der Waals surface area (Å²) < 4.78 is 5.77. The number of carbonyl (C=O) groups excluding carboxylic acids is 1. The first-order chi connectivity index (χ1) is 9.04. The number of ether oxygens (including phenoxy) is 1. The molecule has 0 aromatic heterocycles. The molecule has 1 aromatic carbocycles. The number of para-hydroxylation sites is 1. The third-order valence-electron chi connectivity index (χ3n) is 2.72. The molecule has 0 aliphatic carbocycles. The number of hydrogen-bond donors (Lipinski definition) is 0. The first-order valence-corrected chi connectivity index (χ1v) is 7.32. The normalized spacial score (nSPS) is 10.6. The lowest BCUT2D eigenvalue weighted by Crippen LogP contribution is -2.27. The number of nitrogens with zero attached hydrogens (tertiary/aromatic N) is 2. The van der Waals surface area contributed by atoms with Crippen molar-refractivity contribution in [3.05, 3.63) is 29.8 Å². The second kappa shape index (κ2) is 8.17. The fourth-order valence-corrected chi connectivity index (χ4v) is 1.99. The second-order valence-corrected chi connectivity index (χ2v) is 5.20. The van der Waals surface area contributed by atoms with Crippen molar-refractivity contribution in [3.8, 4) is 5.75 Å². The highest BCUT2D eigenvalue weighted by atomic mass is 79.9. The number of amides is 1. The molecule has 0 bridgehead atoms. The predicted octanol–water partition coefficient (Wildman–Crippen LogP) is 1.98.